The molecule has 2 rings (SSSR count). The van der Waals surface area contributed by atoms with E-state index in [0.717, 1.165) is 16.5 Å². The molecule has 2 nitrogen and oxygen atoms in total. The molecule has 0 bridgehead atoms. The second-order valence-electron chi connectivity index (χ2n) is 4.23. The minimum absolute atomic E-state index is 0.0261. The molecule has 104 valence electrons. The smallest absolute Gasteiger partial charge is 0.258 e. The molecule has 1 N–H and O–H groups in total. The van der Waals surface area contributed by atoms with E-state index in [1.807, 2.05) is 19.1 Å². The molecule has 5 heteroatoms. The van der Waals surface area contributed by atoms with Gasteiger partial charge in [0.15, 0.2) is 0 Å². The van der Waals surface area contributed by atoms with Crippen LogP contribution in [0.1, 0.15) is 22.8 Å². The monoisotopic (exact) mass is 399 g/mol. The maximum Gasteiger partial charge on any atom is 0.258 e. The average Bonchev–Trinajstić information content (AvgIpc) is 2.40. The van der Waals surface area contributed by atoms with Gasteiger partial charge in [-0.15, -0.1) is 0 Å². The van der Waals surface area contributed by atoms with Crippen molar-refractivity contribution in [3.63, 3.8) is 0 Å². The number of halogens is 3. The Morgan fingerprint density at radius 3 is 2.45 bits per heavy atom. The fourth-order valence-corrected chi connectivity index (χ4v) is 2.58. The first-order valence-corrected chi connectivity index (χ1v) is 7.64. The van der Waals surface area contributed by atoms with Crippen LogP contribution in [0.5, 0.6) is 0 Å². The third-order valence-electron chi connectivity index (χ3n) is 2.87. The van der Waals surface area contributed by atoms with Gasteiger partial charge in [-0.1, -0.05) is 38.8 Å². The number of amides is 1. The molecule has 0 saturated heterocycles. The normalized spacial score (nSPS) is 10.4. The molecule has 0 atom stereocenters. The lowest BCUT2D eigenvalue weighted by molar-refractivity contribution is 0.102. The van der Waals surface area contributed by atoms with Crippen LogP contribution >= 0.6 is 31.9 Å². The van der Waals surface area contributed by atoms with Crippen LogP contribution in [0.3, 0.4) is 0 Å². The first kappa shape index (κ1) is 15.2. The number of anilines is 1. The van der Waals surface area contributed by atoms with E-state index in [1.54, 1.807) is 12.1 Å². The van der Waals surface area contributed by atoms with Crippen molar-refractivity contribution in [2.75, 3.05) is 5.32 Å². The summed E-state index contributed by atoms with van der Waals surface area (Å²) in [4.78, 5) is 12.1. The molecule has 0 aliphatic rings. The Morgan fingerprint density at radius 1 is 1.15 bits per heavy atom. The highest BCUT2D eigenvalue weighted by Crippen LogP contribution is 2.23. The van der Waals surface area contributed by atoms with Gasteiger partial charge in [0.2, 0.25) is 0 Å². The van der Waals surface area contributed by atoms with E-state index in [4.69, 9.17) is 0 Å². The molecule has 0 fully saturated rings. The Kier molecular flexibility index (Phi) is 4.94. The zero-order valence-corrected chi connectivity index (χ0v) is 13.9. The Bertz CT molecular complexity index is 658. The number of benzene rings is 2. The second kappa shape index (κ2) is 6.50. The Labute approximate surface area is 133 Å². The number of hydrogen-bond donors (Lipinski definition) is 1. The molecule has 0 heterocycles. The van der Waals surface area contributed by atoms with Crippen LogP contribution in [0.2, 0.25) is 0 Å². The quantitative estimate of drug-likeness (QED) is 0.756. The van der Waals surface area contributed by atoms with Crippen molar-refractivity contribution in [1.29, 1.82) is 0 Å². The summed E-state index contributed by atoms with van der Waals surface area (Å²) in [7, 11) is 0. The number of carbonyl (C=O) groups excluding carboxylic acids is 1. The minimum Gasteiger partial charge on any atom is -0.322 e. The molecule has 0 unspecified atom stereocenters. The molecule has 1 amide bonds. The lowest BCUT2D eigenvalue weighted by Gasteiger charge is -2.11. The number of nitrogens with one attached hydrogen (secondary N) is 1. The van der Waals surface area contributed by atoms with Gasteiger partial charge in [0.1, 0.15) is 5.82 Å². The van der Waals surface area contributed by atoms with Crippen LogP contribution < -0.4 is 5.32 Å². The molecule has 2 aromatic carbocycles. The van der Waals surface area contributed by atoms with Crippen LogP contribution in [0, 0.1) is 5.82 Å². The molecule has 20 heavy (non-hydrogen) atoms. The largest absolute Gasteiger partial charge is 0.322 e. The summed E-state index contributed by atoms with van der Waals surface area (Å²) in [6, 6.07) is 9.95. The first-order chi connectivity index (χ1) is 9.51. The van der Waals surface area contributed by atoms with Gasteiger partial charge in [-0.25, -0.2) is 4.39 Å². The van der Waals surface area contributed by atoms with Gasteiger partial charge in [-0.05, 0) is 48.4 Å². The highest BCUT2D eigenvalue weighted by atomic mass is 79.9. The van der Waals surface area contributed by atoms with Crippen LogP contribution in [0.25, 0.3) is 0 Å². The summed E-state index contributed by atoms with van der Waals surface area (Å²) in [5.41, 5.74) is 1.71. The maximum absolute atomic E-state index is 13.8. The third kappa shape index (κ3) is 3.46. The fourth-order valence-electron chi connectivity index (χ4n) is 1.84. The van der Waals surface area contributed by atoms with Crippen molar-refractivity contribution in [3.05, 3.63) is 62.3 Å². The number of carbonyl (C=O) groups is 1. The highest BCUT2D eigenvalue weighted by molar-refractivity contribution is 9.10. The van der Waals surface area contributed by atoms with Gasteiger partial charge >= 0.3 is 0 Å². The number of rotatable bonds is 3. The predicted molar refractivity (Wildman–Crippen MR) is 85.6 cm³/mol. The summed E-state index contributed by atoms with van der Waals surface area (Å²) in [5.74, 6) is -1.00. The lowest BCUT2D eigenvalue weighted by Crippen LogP contribution is -2.14. The molecular formula is C15H12Br2FNO. The van der Waals surface area contributed by atoms with Gasteiger partial charge in [-0.2, -0.15) is 0 Å². The number of hydrogen-bond acceptors (Lipinski definition) is 1. The fraction of sp³-hybridized carbons (Fsp3) is 0.133. The van der Waals surface area contributed by atoms with Crippen molar-refractivity contribution >= 4 is 43.5 Å². The van der Waals surface area contributed by atoms with Crippen molar-refractivity contribution in [1.82, 2.24) is 0 Å². The number of aryl methyl sites for hydroxylation is 1. The maximum atomic E-state index is 13.8. The van der Waals surface area contributed by atoms with E-state index in [2.05, 4.69) is 37.2 Å². The van der Waals surface area contributed by atoms with E-state index < -0.39 is 11.7 Å². The van der Waals surface area contributed by atoms with E-state index in [1.165, 1.54) is 12.1 Å². The van der Waals surface area contributed by atoms with Gasteiger partial charge < -0.3 is 5.32 Å². The van der Waals surface area contributed by atoms with Crippen molar-refractivity contribution in [2.45, 2.75) is 13.3 Å². The van der Waals surface area contributed by atoms with E-state index in [0.29, 0.717) is 10.2 Å². The Balaban J connectivity index is 2.28. The van der Waals surface area contributed by atoms with Crippen molar-refractivity contribution < 1.29 is 9.18 Å². The summed E-state index contributed by atoms with van der Waals surface area (Å²) in [5, 5.41) is 2.75. The average molecular weight is 401 g/mol. The van der Waals surface area contributed by atoms with Gasteiger partial charge in [0.05, 0.1) is 5.56 Å². The molecular weight excluding hydrogens is 389 g/mol. The van der Waals surface area contributed by atoms with E-state index in [9.17, 15) is 9.18 Å². The van der Waals surface area contributed by atoms with Crippen molar-refractivity contribution in [2.24, 2.45) is 0 Å². The van der Waals surface area contributed by atoms with E-state index >= 15 is 0 Å². The standard InChI is InChI=1S/C15H12Br2FNO/c1-2-9-7-10(16)4-6-14(9)19-15(20)12-5-3-11(17)8-13(12)18/h3-8H,2H2,1H3,(H,19,20). The summed E-state index contributed by atoms with van der Waals surface area (Å²) in [6.07, 6.45) is 0.776. The molecule has 0 spiro atoms. The van der Waals surface area contributed by atoms with Crippen LogP contribution in [-0.2, 0) is 6.42 Å². The molecule has 0 radical (unpaired) electrons. The highest BCUT2D eigenvalue weighted by Gasteiger charge is 2.13. The summed E-state index contributed by atoms with van der Waals surface area (Å²) >= 11 is 6.56. The van der Waals surface area contributed by atoms with Crippen LogP contribution in [-0.4, -0.2) is 5.91 Å². The molecule has 2 aromatic rings. The second-order valence-corrected chi connectivity index (χ2v) is 6.06. The van der Waals surface area contributed by atoms with Gasteiger partial charge in [0.25, 0.3) is 5.91 Å². The summed E-state index contributed by atoms with van der Waals surface area (Å²) < 4.78 is 15.3. The van der Waals surface area contributed by atoms with Crippen LogP contribution in [0.15, 0.2) is 45.3 Å². The SMILES string of the molecule is CCc1cc(Br)ccc1NC(=O)c1ccc(Br)cc1F. The van der Waals surface area contributed by atoms with Crippen molar-refractivity contribution in [3.8, 4) is 0 Å². The third-order valence-corrected chi connectivity index (χ3v) is 3.86. The topological polar surface area (TPSA) is 29.1 Å². The molecule has 0 aliphatic carbocycles. The first-order valence-electron chi connectivity index (χ1n) is 6.06. The molecule has 0 aliphatic heterocycles. The lowest BCUT2D eigenvalue weighted by atomic mass is 10.1. The Morgan fingerprint density at radius 2 is 1.80 bits per heavy atom. The summed E-state index contributed by atoms with van der Waals surface area (Å²) in [6.45, 7) is 2.00. The Hall–Kier alpha value is -1.20. The predicted octanol–water partition coefficient (Wildman–Crippen LogP) is 5.17. The zero-order chi connectivity index (χ0) is 14.7. The van der Waals surface area contributed by atoms with Gasteiger partial charge in [-0.3, -0.25) is 4.79 Å². The molecule has 0 aromatic heterocycles. The van der Waals surface area contributed by atoms with E-state index in [-0.39, 0.29) is 5.56 Å². The minimum atomic E-state index is -0.549. The zero-order valence-electron chi connectivity index (χ0n) is 10.7. The van der Waals surface area contributed by atoms with Crippen LogP contribution in [0.4, 0.5) is 10.1 Å². The molecule has 0 saturated carbocycles. The van der Waals surface area contributed by atoms with Gasteiger partial charge in [0, 0.05) is 14.6 Å².